The highest BCUT2D eigenvalue weighted by Crippen LogP contribution is 2.37. The molecule has 27 heavy (non-hydrogen) atoms. The average Bonchev–Trinajstić information content (AvgIpc) is 3.17. The summed E-state index contributed by atoms with van der Waals surface area (Å²) in [5.41, 5.74) is 2.36. The lowest BCUT2D eigenvalue weighted by molar-refractivity contribution is -0.125. The third-order valence-corrected chi connectivity index (χ3v) is 5.21. The van der Waals surface area contributed by atoms with Crippen molar-refractivity contribution in [3.8, 4) is 22.7 Å². The monoisotopic (exact) mass is 362 g/mol. The number of benzene rings is 2. The van der Waals surface area contributed by atoms with Gasteiger partial charge in [-0.1, -0.05) is 30.3 Å². The number of rotatable bonds is 4. The van der Waals surface area contributed by atoms with E-state index in [-0.39, 0.29) is 5.78 Å². The van der Waals surface area contributed by atoms with Crippen molar-refractivity contribution in [3.05, 3.63) is 66.4 Å². The number of aliphatic hydroxyl groups is 1. The van der Waals surface area contributed by atoms with Crippen molar-refractivity contribution in [3.63, 3.8) is 0 Å². The molecule has 0 atom stereocenters. The summed E-state index contributed by atoms with van der Waals surface area (Å²) >= 11 is 0. The highest BCUT2D eigenvalue weighted by atomic mass is 16.5. The van der Waals surface area contributed by atoms with Crippen LogP contribution in [-0.4, -0.2) is 27.8 Å². The first-order chi connectivity index (χ1) is 13.1. The number of hydrogen-bond acceptors (Lipinski definition) is 4. The van der Waals surface area contributed by atoms with E-state index in [1.54, 1.807) is 7.11 Å². The standard InChI is InChI=1S/C22H22N2O3/c1-27-19-9-7-17(8-10-19)24-20(16-5-3-2-4-6-16)15-21(23-24)22(26)13-11-18(25)12-14-22/h2-10,15,26H,11-14H2,1H3. The molecule has 5 nitrogen and oxygen atoms in total. The molecule has 0 bridgehead atoms. The minimum absolute atomic E-state index is 0.206. The van der Waals surface area contributed by atoms with Crippen LogP contribution >= 0.6 is 0 Å². The van der Waals surface area contributed by atoms with Gasteiger partial charge in [0.1, 0.15) is 17.1 Å². The molecular weight excluding hydrogens is 340 g/mol. The van der Waals surface area contributed by atoms with Crippen LogP contribution in [-0.2, 0) is 10.4 Å². The predicted octanol–water partition coefficient (Wildman–Crippen LogP) is 3.88. The molecule has 1 fully saturated rings. The first-order valence-corrected chi connectivity index (χ1v) is 9.13. The maximum absolute atomic E-state index is 11.6. The van der Waals surface area contributed by atoms with E-state index in [0.717, 1.165) is 22.7 Å². The number of ether oxygens (including phenoxy) is 1. The zero-order chi connectivity index (χ0) is 18.9. The molecule has 0 unspecified atom stereocenters. The molecule has 2 aromatic carbocycles. The highest BCUT2D eigenvalue weighted by molar-refractivity contribution is 5.79. The third kappa shape index (κ3) is 3.38. The Morgan fingerprint density at radius 3 is 2.33 bits per heavy atom. The van der Waals surface area contributed by atoms with Gasteiger partial charge in [0, 0.05) is 18.4 Å². The fourth-order valence-electron chi connectivity index (χ4n) is 3.54. The van der Waals surface area contributed by atoms with Gasteiger partial charge in [0.15, 0.2) is 0 Å². The second-order valence-corrected chi connectivity index (χ2v) is 6.96. The molecule has 1 aliphatic carbocycles. The quantitative estimate of drug-likeness (QED) is 0.765. The predicted molar refractivity (Wildman–Crippen MR) is 103 cm³/mol. The van der Waals surface area contributed by atoms with Gasteiger partial charge in [-0.3, -0.25) is 4.79 Å². The summed E-state index contributed by atoms with van der Waals surface area (Å²) in [6.45, 7) is 0. The van der Waals surface area contributed by atoms with Gasteiger partial charge < -0.3 is 9.84 Å². The molecule has 0 aliphatic heterocycles. The molecule has 3 aromatic rings. The van der Waals surface area contributed by atoms with Crippen LogP contribution < -0.4 is 4.74 Å². The van der Waals surface area contributed by atoms with Crippen LogP contribution in [0.5, 0.6) is 5.75 Å². The summed E-state index contributed by atoms with van der Waals surface area (Å²) in [6, 6.07) is 19.6. The van der Waals surface area contributed by atoms with Gasteiger partial charge in [-0.2, -0.15) is 5.10 Å². The number of carbonyl (C=O) groups excluding carboxylic acids is 1. The lowest BCUT2D eigenvalue weighted by Gasteiger charge is -2.29. The Balaban J connectivity index is 1.81. The first kappa shape index (κ1) is 17.5. The largest absolute Gasteiger partial charge is 0.497 e. The molecule has 138 valence electrons. The number of aromatic nitrogens is 2. The maximum atomic E-state index is 11.6. The van der Waals surface area contributed by atoms with Crippen LogP contribution in [0, 0.1) is 0 Å². The van der Waals surface area contributed by atoms with E-state index in [1.807, 2.05) is 65.3 Å². The van der Waals surface area contributed by atoms with Crippen LogP contribution in [0.25, 0.3) is 16.9 Å². The topological polar surface area (TPSA) is 64.3 Å². The van der Waals surface area contributed by atoms with E-state index < -0.39 is 5.60 Å². The fourth-order valence-corrected chi connectivity index (χ4v) is 3.54. The Morgan fingerprint density at radius 1 is 1.04 bits per heavy atom. The van der Waals surface area contributed by atoms with Crippen molar-refractivity contribution in [2.24, 2.45) is 0 Å². The summed E-state index contributed by atoms with van der Waals surface area (Å²) in [7, 11) is 1.64. The van der Waals surface area contributed by atoms with Gasteiger partial charge in [-0.25, -0.2) is 4.68 Å². The molecule has 0 radical (unpaired) electrons. The second-order valence-electron chi connectivity index (χ2n) is 6.96. The summed E-state index contributed by atoms with van der Waals surface area (Å²) < 4.78 is 7.09. The van der Waals surface area contributed by atoms with Crippen LogP contribution in [0.2, 0.25) is 0 Å². The summed E-state index contributed by atoms with van der Waals surface area (Å²) in [4.78, 5) is 11.6. The minimum Gasteiger partial charge on any atom is -0.497 e. The van der Waals surface area contributed by atoms with Gasteiger partial charge in [0.05, 0.1) is 24.2 Å². The molecular formula is C22H22N2O3. The van der Waals surface area contributed by atoms with Crippen LogP contribution in [0.15, 0.2) is 60.7 Å². The van der Waals surface area contributed by atoms with Gasteiger partial charge >= 0.3 is 0 Å². The molecule has 4 rings (SSSR count). The SMILES string of the molecule is COc1ccc(-n2nc(C3(O)CCC(=O)CC3)cc2-c2ccccc2)cc1. The second kappa shape index (κ2) is 7.00. The normalized spacial score (nSPS) is 16.3. The summed E-state index contributed by atoms with van der Waals surface area (Å²) in [6.07, 6.45) is 1.62. The lowest BCUT2D eigenvalue weighted by atomic mass is 9.82. The molecule has 1 aliphatic rings. The number of carbonyl (C=O) groups is 1. The van der Waals surface area contributed by atoms with E-state index >= 15 is 0 Å². The van der Waals surface area contributed by atoms with Crippen molar-refractivity contribution in [1.29, 1.82) is 0 Å². The average molecular weight is 362 g/mol. The molecule has 0 saturated heterocycles. The Labute approximate surface area is 158 Å². The van der Waals surface area contributed by atoms with Crippen LogP contribution in [0.4, 0.5) is 0 Å². The van der Waals surface area contributed by atoms with E-state index in [0.29, 0.717) is 31.4 Å². The first-order valence-electron chi connectivity index (χ1n) is 9.13. The minimum atomic E-state index is -1.06. The molecule has 0 amide bonds. The van der Waals surface area contributed by atoms with E-state index in [9.17, 15) is 9.90 Å². The van der Waals surface area contributed by atoms with Crippen LogP contribution in [0.1, 0.15) is 31.4 Å². The van der Waals surface area contributed by atoms with Gasteiger partial charge in [-0.15, -0.1) is 0 Å². The summed E-state index contributed by atoms with van der Waals surface area (Å²) in [5, 5.41) is 15.9. The van der Waals surface area contributed by atoms with E-state index in [4.69, 9.17) is 9.84 Å². The van der Waals surface area contributed by atoms with Crippen molar-refractivity contribution < 1.29 is 14.6 Å². The van der Waals surface area contributed by atoms with Crippen molar-refractivity contribution in [2.75, 3.05) is 7.11 Å². The maximum Gasteiger partial charge on any atom is 0.133 e. The Morgan fingerprint density at radius 2 is 1.70 bits per heavy atom. The van der Waals surface area contributed by atoms with E-state index in [2.05, 4.69) is 0 Å². The Hall–Kier alpha value is -2.92. The highest BCUT2D eigenvalue weighted by Gasteiger charge is 2.37. The number of Topliss-reactive ketones (excluding diaryl/α,β-unsaturated/α-hetero) is 1. The molecule has 1 heterocycles. The van der Waals surface area contributed by atoms with Crippen molar-refractivity contribution in [1.82, 2.24) is 9.78 Å². The Kier molecular flexibility index (Phi) is 4.54. The number of nitrogens with zero attached hydrogens (tertiary/aromatic N) is 2. The molecule has 1 N–H and O–H groups in total. The summed E-state index contributed by atoms with van der Waals surface area (Å²) in [5.74, 6) is 0.981. The molecule has 1 aromatic heterocycles. The zero-order valence-corrected chi connectivity index (χ0v) is 15.3. The molecule has 5 heteroatoms. The smallest absolute Gasteiger partial charge is 0.133 e. The van der Waals surface area contributed by atoms with Gasteiger partial charge in [0.25, 0.3) is 0 Å². The molecule has 1 saturated carbocycles. The lowest BCUT2D eigenvalue weighted by Crippen LogP contribution is -2.32. The number of ketones is 1. The van der Waals surface area contributed by atoms with Crippen molar-refractivity contribution >= 4 is 5.78 Å². The number of methoxy groups -OCH3 is 1. The van der Waals surface area contributed by atoms with Crippen molar-refractivity contribution in [2.45, 2.75) is 31.3 Å². The zero-order valence-electron chi connectivity index (χ0n) is 15.3. The third-order valence-electron chi connectivity index (χ3n) is 5.21. The Bertz CT molecular complexity index is 935. The van der Waals surface area contributed by atoms with Gasteiger partial charge in [-0.05, 0) is 43.2 Å². The van der Waals surface area contributed by atoms with Crippen LogP contribution in [0.3, 0.4) is 0 Å². The molecule has 0 spiro atoms. The van der Waals surface area contributed by atoms with E-state index in [1.165, 1.54) is 0 Å². The fraction of sp³-hybridized carbons (Fsp3) is 0.273. The number of hydrogen-bond donors (Lipinski definition) is 1. The van der Waals surface area contributed by atoms with Gasteiger partial charge in [0.2, 0.25) is 0 Å².